The lowest BCUT2D eigenvalue weighted by molar-refractivity contribution is -0.142. The van der Waals surface area contributed by atoms with Gasteiger partial charge in [0, 0.05) is 38.7 Å². The Kier molecular flexibility index (Phi) is 8.63. The van der Waals surface area contributed by atoms with Crippen molar-refractivity contribution in [3.05, 3.63) is 52.4 Å². The van der Waals surface area contributed by atoms with Crippen LogP contribution in [-0.4, -0.2) is 52.6 Å². The van der Waals surface area contributed by atoms with Gasteiger partial charge in [0.25, 0.3) is 5.91 Å². The Morgan fingerprint density at radius 1 is 1.13 bits per heavy atom. The third kappa shape index (κ3) is 7.07. The van der Waals surface area contributed by atoms with Crippen LogP contribution in [0.4, 0.5) is 31.1 Å². The van der Waals surface area contributed by atoms with E-state index >= 15 is 0 Å². The van der Waals surface area contributed by atoms with Gasteiger partial charge >= 0.3 is 12.3 Å². The second-order valence-electron chi connectivity index (χ2n) is 9.90. The first kappa shape index (κ1) is 29.9. The quantitative estimate of drug-likeness (QED) is 0.352. The summed E-state index contributed by atoms with van der Waals surface area (Å²) in [6.07, 6.45) is -6.99. The minimum absolute atomic E-state index is 0.178. The molecule has 214 valence electrons. The van der Waals surface area contributed by atoms with Crippen LogP contribution in [-0.2, 0) is 28.7 Å². The van der Waals surface area contributed by atoms with E-state index in [0.29, 0.717) is 12.1 Å². The van der Waals surface area contributed by atoms with Gasteiger partial charge in [-0.3, -0.25) is 9.59 Å². The van der Waals surface area contributed by atoms with Gasteiger partial charge in [0.1, 0.15) is 17.5 Å². The van der Waals surface area contributed by atoms with Crippen molar-refractivity contribution in [2.75, 3.05) is 13.6 Å². The summed E-state index contributed by atoms with van der Waals surface area (Å²) >= 11 is 0. The number of aromatic nitrogens is 2. The van der Waals surface area contributed by atoms with Crippen molar-refractivity contribution in [1.82, 2.24) is 25.5 Å². The van der Waals surface area contributed by atoms with Crippen LogP contribution < -0.4 is 16.0 Å². The Morgan fingerprint density at radius 2 is 1.77 bits per heavy atom. The number of ketones is 1. The maximum absolute atomic E-state index is 14.4. The summed E-state index contributed by atoms with van der Waals surface area (Å²) in [6, 6.07) is -1.71. The molecule has 9 nitrogen and oxygen atoms in total. The lowest BCUT2D eigenvalue weighted by Crippen LogP contribution is -2.45. The summed E-state index contributed by atoms with van der Waals surface area (Å²) in [7, 11) is 1.19. The summed E-state index contributed by atoms with van der Waals surface area (Å²) in [6.45, 7) is 4.18. The number of nitrogens with one attached hydrogen (secondary N) is 3. The fraction of sp³-hybridized carbons (Fsp3) is 0.500. The number of carbonyl (C=O) groups excluding carboxylic acids is 3. The lowest BCUT2D eigenvalue weighted by atomic mass is 9.96. The Labute approximate surface area is 219 Å². The van der Waals surface area contributed by atoms with Crippen molar-refractivity contribution in [2.45, 2.75) is 64.0 Å². The highest BCUT2D eigenvalue weighted by Gasteiger charge is 2.43. The van der Waals surface area contributed by atoms with Gasteiger partial charge in [-0.15, -0.1) is 0 Å². The highest BCUT2D eigenvalue weighted by molar-refractivity contribution is 5.92. The number of imidazole rings is 1. The van der Waals surface area contributed by atoms with Crippen LogP contribution in [0.15, 0.2) is 12.1 Å². The fourth-order valence-electron chi connectivity index (χ4n) is 4.16. The molecule has 0 bridgehead atoms. The molecule has 0 aliphatic carbocycles. The third-order valence-electron chi connectivity index (χ3n) is 5.75. The summed E-state index contributed by atoms with van der Waals surface area (Å²) in [5, 5.41) is 7.27. The van der Waals surface area contributed by atoms with E-state index in [1.807, 2.05) is 0 Å². The number of fused-ring (bicyclic) bond motifs is 1. The first-order chi connectivity index (χ1) is 18.0. The van der Waals surface area contributed by atoms with Gasteiger partial charge in [-0.1, -0.05) is 0 Å². The predicted octanol–water partition coefficient (Wildman–Crippen LogP) is 3.42. The smallest absolute Gasteiger partial charge is 0.435 e. The molecule has 15 heteroatoms. The number of carbonyl (C=O) groups is 3. The normalized spacial score (nSPS) is 16.3. The molecule has 2 unspecified atom stereocenters. The number of benzene rings is 1. The number of amides is 2. The monoisotopic (exact) mass is 563 g/mol. The number of Topliss-reactive ketones (excluding diaryl/α,β-unsaturated/α-hetero) is 1. The minimum atomic E-state index is -4.92. The molecule has 1 aromatic heterocycles. The molecule has 2 heterocycles. The molecule has 2 atom stereocenters. The zero-order valence-electron chi connectivity index (χ0n) is 21.4. The van der Waals surface area contributed by atoms with Crippen molar-refractivity contribution in [3.8, 4) is 0 Å². The second kappa shape index (κ2) is 11.2. The first-order valence-corrected chi connectivity index (χ1v) is 11.8. The van der Waals surface area contributed by atoms with Crippen molar-refractivity contribution >= 4 is 17.8 Å². The van der Waals surface area contributed by atoms with E-state index in [9.17, 15) is 40.7 Å². The number of hydrogen-bond acceptors (Lipinski definition) is 6. The summed E-state index contributed by atoms with van der Waals surface area (Å²) in [5.74, 6) is -6.27. The van der Waals surface area contributed by atoms with Crippen LogP contribution >= 0.6 is 0 Å². The van der Waals surface area contributed by atoms with Crippen LogP contribution in [0.25, 0.3) is 0 Å². The van der Waals surface area contributed by atoms with Gasteiger partial charge in [0.2, 0.25) is 5.82 Å². The third-order valence-corrected chi connectivity index (χ3v) is 5.75. The summed E-state index contributed by atoms with van der Waals surface area (Å²) in [5.41, 5.74) is -3.09. The van der Waals surface area contributed by atoms with E-state index in [-0.39, 0.29) is 18.7 Å². The van der Waals surface area contributed by atoms with Gasteiger partial charge in [0.05, 0.1) is 5.69 Å². The highest BCUT2D eigenvalue weighted by atomic mass is 19.4. The maximum atomic E-state index is 14.4. The number of alkyl halides is 3. The van der Waals surface area contributed by atoms with Crippen molar-refractivity contribution in [2.24, 2.45) is 0 Å². The number of nitrogens with zero attached hydrogens (tertiary/aromatic N) is 2. The van der Waals surface area contributed by atoms with Gasteiger partial charge in [0.15, 0.2) is 23.1 Å². The Bertz CT molecular complexity index is 1270. The molecule has 39 heavy (non-hydrogen) atoms. The second-order valence-corrected chi connectivity index (χ2v) is 9.90. The van der Waals surface area contributed by atoms with Crippen LogP contribution in [0.3, 0.4) is 0 Å². The van der Waals surface area contributed by atoms with Crippen LogP contribution in [0.5, 0.6) is 0 Å². The van der Waals surface area contributed by atoms with E-state index < -0.39 is 89.2 Å². The standard InChI is InChI=1S/C24H27F6N5O4/c1-23(2,3)39-22(38)33-12(5-11-6-14(26)15(27)8-13(11)25)7-18(36)16-9-32-10-17-19(24(28,29)30)34-20(35(16)17)21(37)31-4/h6,8,12,16,32H,5,7,9-10H2,1-4H3,(H,31,37)(H,33,38). The average Bonchev–Trinajstić information content (AvgIpc) is 3.21. The SMILES string of the molecule is CNC(=O)c1nc(C(F)(F)F)c2n1C(C(=O)CC(Cc1cc(F)c(F)cc1F)NC(=O)OC(C)(C)C)CNC2. The first-order valence-electron chi connectivity index (χ1n) is 11.8. The Hall–Kier alpha value is -3.62. The summed E-state index contributed by atoms with van der Waals surface area (Å²) in [4.78, 5) is 41.7. The predicted molar refractivity (Wildman–Crippen MR) is 124 cm³/mol. The molecule has 0 saturated heterocycles. The Balaban J connectivity index is 1.97. The zero-order valence-corrected chi connectivity index (χ0v) is 21.4. The Morgan fingerprint density at radius 3 is 2.36 bits per heavy atom. The van der Waals surface area contributed by atoms with E-state index in [1.165, 1.54) is 7.05 Å². The molecule has 0 radical (unpaired) electrons. The van der Waals surface area contributed by atoms with Crippen LogP contribution in [0.1, 0.15) is 60.8 Å². The molecular formula is C24H27F6N5O4. The number of halogens is 6. The van der Waals surface area contributed by atoms with E-state index in [2.05, 4.69) is 20.9 Å². The molecule has 3 rings (SSSR count). The largest absolute Gasteiger partial charge is 0.444 e. The lowest BCUT2D eigenvalue weighted by Gasteiger charge is -2.29. The fourth-order valence-corrected chi connectivity index (χ4v) is 4.16. The minimum Gasteiger partial charge on any atom is -0.444 e. The highest BCUT2D eigenvalue weighted by Crippen LogP contribution is 2.35. The number of ether oxygens (including phenoxy) is 1. The molecule has 0 fully saturated rings. The maximum Gasteiger partial charge on any atom is 0.435 e. The molecule has 1 aliphatic rings. The molecule has 1 aromatic carbocycles. The van der Waals surface area contributed by atoms with Gasteiger partial charge in [-0.2, -0.15) is 13.2 Å². The topological polar surface area (TPSA) is 114 Å². The van der Waals surface area contributed by atoms with E-state index in [0.717, 1.165) is 4.57 Å². The van der Waals surface area contributed by atoms with E-state index in [4.69, 9.17) is 4.74 Å². The average molecular weight is 563 g/mol. The number of hydrogen-bond donors (Lipinski definition) is 3. The number of alkyl carbamates (subject to hydrolysis) is 1. The van der Waals surface area contributed by atoms with Crippen molar-refractivity contribution < 1.29 is 45.5 Å². The number of rotatable bonds is 7. The zero-order chi connectivity index (χ0) is 29.3. The van der Waals surface area contributed by atoms with Crippen LogP contribution in [0, 0.1) is 17.5 Å². The van der Waals surface area contributed by atoms with Crippen LogP contribution in [0.2, 0.25) is 0 Å². The molecule has 1 aliphatic heterocycles. The molecule has 0 spiro atoms. The van der Waals surface area contributed by atoms with Gasteiger partial charge in [-0.25, -0.2) is 22.9 Å². The molecule has 2 amide bonds. The van der Waals surface area contributed by atoms with E-state index in [1.54, 1.807) is 20.8 Å². The molecular weight excluding hydrogens is 536 g/mol. The molecule has 3 N–H and O–H groups in total. The van der Waals surface area contributed by atoms with Crippen molar-refractivity contribution in [3.63, 3.8) is 0 Å². The van der Waals surface area contributed by atoms with Gasteiger partial charge < -0.3 is 25.3 Å². The van der Waals surface area contributed by atoms with Crippen molar-refractivity contribution in [1.29, 1.82) is 0 Å². The molecule has 0 saturated carbocycles. The van der Waals surface area contributed by atoms with Gasteiger partial charge in [-0.05, 0) is 38.8 Å². The molecule has 2 aromatic rings. The summed E-state index contributed by atoms with van der Waals surface area (Å²) < 4.78 is 88.6.